The van der Waals surface area contributed by atoms with Gasteiger partial charge in [-0.1, -0.05) is 58.6 Å². The van der Waals surface area contributed by atoms with Gasteiger partial charge in [-0.15, -0.1) is 0 Å². The van der Waals surface area contributed by atoms with Crippen LogP contribution in [0.15, 0.2) is 73.3 Å². The van der Waals surface area contributed by atoms with Crippen molar-refractivity contribution >= 4 is 8.32 Å². The van der Waals surface area contributed by atoms with Crippen molar-refractivity contribution in [3.63, 3.8) is 0 Å². The average molecular weight is 557 g/mol. The van der Waals surface area contributed by atoms with E-state index in [0.717, 1.165) is 22.6 Å². The molecular formula is C32H48O6Si. The molecule has 0 amide bonds. The summed E-state index contributed by atoms with van der Waals surface area (Å²) in [5.41, 5.74) is 1.84. The average Bonchev–Trinajstić information content (AvgIpc) is 2.90. The molecule has 0 aliphatic heterocycles. The van der Waals surface area contributed by atoms with Crippen molar-refractivity contribution in [3.05, 3.63) is 78.9 Å². The molecule has 0 heterocycles. The Morgan fingerprint density at radius 1 is 0.949 bits per heavy atom. The largest absolute Gasteiger partial charge is 0.497 e. The maximum absolute atomic E-state index is 11.6. The molecule has 0 radical (unpaired) electrons. The highest BCUT2D eigenvalue weighted by Crippen LogP contribution is 2.40. The Labute approximate surface area is 236 Å². The first-order valence-corrected chi connectivity index (χ1v) is 16.3. The van der Waals surface area contributed by atoms with Crippen molar-refractivity contribution in [1.82, 2.24) is 0 Å². The summed E-state index contributed by atoms with van der Waals surface area (Å²) in [6, 6.07) is 15.0. The third-order valence-electron chi connectivity index (χ3n) is 7.57. The number of rotatable bonds is 15. The van der Waals surface area contributed by atoms with Gasteiger partial charge < -0.3 is 28.5 Å². The van der Waals surface area contributed by atoms with Crippen LogP contribution in [0.5, 0.6) is 17.2 Å². The number of aliphatic hydroxyl groups excluding tert-OH is 1. The minimum Gasteiger partial charge on any atom is -0.497 e. The zero-order valence-corrected chi connectivity index (χ0v) is 26.2. The molecule has 5 atom stereocenters. The van der Waals surface area contributed by atoms with Crippen LogP contribution in [-0.4, -0.2) is 52.1 Å². The Morgan fingerprint density at radius 2 is 1.44 bits per heavy atom. The lowest BCUT2D eigenvalue weighted by Crippen LogP contribution is -2.52. The highest BCUT2D eigenvalue weighted by molar-refractivity contribution is 6.74. The second kappa shape index (κ2) is 14.2. The van der Waals surface area contributed by atoms with Crippen LogP contribution in [0, 0.1) is 5.92 Å². The molecule has 0 saturated carbocycles. The van der Waals surface area contributed by atoms with E-state index in [1.54, 1.807) is 20.3 Å². The second-order valence-corrected chi connectivity index (χ2v) is 16.4. The van der Waals surface area contributed by atoms with Crippen LogP contribution in [0.4, 0.5) is 0 Å². The van der Waals surface area contributed by atoms with Crippen molar-refractivity contribution in [3.8, 4) is 17.2 Å². The van der Waals surface area contributed by atoms with E-state index in [1.807, 2.05) is 62.4 Å². The predicted molar refractivity (Wildman–Crippen MR) is 161 cm³/mol. The molecule has 2 rings (SSSR count). The Hall–Kier alpha value is -2.58. The Bertz CT molecular complexity index is 1040. The van der Waals surface area contributed by atoms with Gasteiger partial charge in [0.1, 0.15) is 23.4 Å². The summed E-state index contributed by atoms with van der Waals surface area (Å²) < 4.78 is 30.1. The smallest absolute Gasteiger partial charge is 0.193 e. The van der Waals surface area contributed by atoms with Crippen molar-refractivity contribution in [2.75, 3.05) is 14.2 Å². The number of ether oxygens (including phenoxy) is 4. The summed E-state index contributed by atoms with van der Waals surface area (Å²) in [6.07, 6.45) is -0.874. The van der Waals surface area contributed by atoms with Crippen molar-refractivity contribution in [2.45, 2.75) is 83.8 Å². The summed E-state index contributed by atoms with van der Waals surface area (Å²) in [5.74, 6) is 1.74. The van der Waals surface area contributed by atoms with Crippen LogP contribution < -0.4 is 14.2 Å². The van der Waals surface area contributed by atoms with Gasteiger partial charge in [-0.05, 0) is 73.1 Å². The number of benzene rings is 2. The van der Waals surface area contributed by atoms with E-state index in [4.69, 9.17) is 23.4 Å². The molecule has 0 saturated heterocycles. The molecule has 2 aromatic rings. The summed E-state index contributed by atoms with van der Waals surface area (Å²) in [4.78, 5) is 0. The van der Waals surface area contributed by atoms with Crippen LogP contribution in [0.2, 0.25) is 18.1 Å². The fourth-order valence-corrected chi connectivity index (χ4v) is 5.26. The van der Waals surface area contributed by atoms with Gasteiger partial charge >= 0.3 is 0 Å². The number of hydrogen-bond donors (Lipinski definition) is 1. The van der Waals surface area contributed by atoms with E-state index in [-0.39, 0.29) is 11.0 Å². The maximum atomic E-state index is 11.6. The molecule has 0 aliphatic rings. The van der Waals surface area contributed by atoms with E-state index in [2.05, 4.69) is 47.0 Å². The van der Waals surface area contributed by atoms with Crippen LogP contribution in [-0.2, 0) is 15.8 Å². The van der Waals surface area contributed by atoms with Gasteiger partial charge in [0.15, 0.2) is 8.32 Å². The molecule has 0 unspecified atom stereocenters. The summed E-state index contributed by atoms with van der Waals surface area (Å²) in [6.45, 7) is 23.5. The summed E-state index contributed by atoms with van der Waals surface area (Å²) >= 11 is 0. The van der Waals surface area contributed by atoms with Gasteiger partial charge in [-0.25, -0.2) is 0 Å². The molecule has 2 aromatic carbocycles. The van der Waals surface area contributed by atoms with E-state index in [9.17, 15) is 5.11 Å². The molecule has 216 valence electrons. The Balaban J connectivity index is 2.37. The van der Waals surface area contributed by atoms with Crippen LogP contribution in [0.25, 0.3) is 0 Å². The molecule has 7 heteroatoms. The quantitative estimate of drug-likeness (QED) is 0.185. The van der Waals surface area contributed by atoms with Gasteiger partial charge in [-0.2, -0.15) is 0 Å². The minimum atomic E-state index is -2.20. The van der Waals surface area contributed by atoms with E-state index in [1.165, 1.54) is 0 Å². The topological polar surface area (TPSA) is 66.4 Å². The van der Waals surface area contributed by atoms with Crippen molar-refractivity contribution < 1.29 is 28.5 Å². The zero-order valence-electron chi connectivity index (χ0n) is 25.2. The van der Waals surface area contributed by atoms with Crippen molar-refractivity contribution in [1.29, 1.82) is 0 Å². The standard InChI is InChI=1S/C32H48O6Si/c1-12-28(37-27-19-17-26(35-9)18-20-27)29(33)23(4)31(36-21-24-13-15-25(34-8)16-14-24)30(22(2)3)38-39(10,11)32(5,6)7/h12-20,23,28-31,33H,1-2,21H2,3-11H3/t23-,28+,29+,30-,31-/m1/s1. The van der Waals surface area contributed by atoms with Gasteiger partial charge in [0.2, 0.25) is 0 Å². The monoisotopic (exact) mass is 556 g/mol. The van der Waals surface area contributed by atoms with Gasteiger partial charge in [0, 0.05) is 5.92 Å². The van der Waals surface area contributed by atoms with Crippen LogP contribution >= 0.6 is 0 Å². The molecule has 0 aromatic heterocycles. The van der Waals surface area contributed by atoms with Gasteiger partial charge in [0.25, 0.3) is 0 Å². The lowest BCUT2D eigenvalue weighted by atomic mass is 9.88. The first-order valence-electron chi connectivity index (χ1n) is 13.4. The molecule has 39 heavy (non-hydrogen) atoms. The molecule has 0 fully saturated rings. The van der Waals surface area contributed by atoms with Crippen LogP contribution in [0.3, 0.4) is 0 Å². The minimum absolute atomic E-state index is 0.00971. The highest BCUT2D eigenvalue weighted by atomic mass is 28.4. The maximum Gasteiger partial charge on any atom is 0.193 e. The normalized spacial score (nSPS) is 15.9. The third kappa shape index (κ3) is 8.97. The Kier molecular flexibility index (Phi) is 11.9. The van der Waals surface area contributed by atoms with Gasteiger partial charge in [0.05, 0.1) is 39.1 Å². The van der Waals surface area contributed by atoms with E-state index in [0.29, 0.717) is 12.4 Å². The van der Waals surface area contributed by atoms with Crippen molar-refractivity contribution in [2.24, 2.45) is 5.92 Å². The van der Waals surface area contributed by atoms with E-state index < -0.39 is 32.7 Å². The summed E-state index contributed by atoms with van der Waals surface area (Å²) in [7, 11) is 1.06. The number of hydrogen-bond acceptors (Lipinski definition) is 6. The predicted octanol–water partition coefficient (Wildman–Crippen LogP) is 7.19. The first kappa shape index (κ1) is 32.6. The fraction of sp³-hybridized carbons (Fsp3) is 0.500. The second-order valence-electron chi connectivity index (χ2n) is 11.6. The first-order chi connectivity index (χ1) is 18.2. The zero-order chi connectivity index (χ0) is 29.4. The highest BCUT2D eigenvalue weighted by Gasteiger charge is 2.44. The third-order valence-corrected chi connectivity index (χ3v) is 12.0. The Morgan fingerprint density at radius 3 is 1.87 bits per heavy atom. The molecule has 6 nitrogen and oxygen atoms in total. The number of methoxy groups -OCH3 is 2. The molecule has 1 N–H and O–H groups in total. The lowest BCUT2D eigenvalue weighted by molar-refractivity contribution is -0.0985. The van der Waals surface area contributed by atoms with E-state index >= 15 is 0 Å². The molecule has 0 aliphatic carbocycles. The molecular weight excluding hydrogens is 508 g/mol. The number of aliphatic hydroxyl groups is 1. The van der Waals surface area contributed by atoms with Crippen LogP contribution in [0.1, 0.15) is 40.2 Å². The molecule has 0 bridgehead atoms. The summed E-state index contributed by atoms with van der Waals surface area (Å²) in [5, 5.41) is 11.6. The lowest BCUT2D eigenvalue weighted by Gasteiger charge is -2.43. The SMILES string of the molecule is C=C[C@H](Oc1ccc(OC)cc1)[C@@H](O)[C@@H](C)[C@@H](OCc1ccc(OC)cc1)[C@H](O[Si](C)(C)C(C)(C)C)C(=C)C. The fourth-order valence-electron chi connectivity index (χ4n) is 3.93. The van der Waals surface area contributed by atoms with Gasteiger partial charge in [-0.3, -0.25) is 0 Å². The molecule has 0 spiro atoms.